The lowest BCUT2D eigenvalue weighted by atomic mass is 14.9. The first-order chi connectivity index (χ1) is 2.56. The van der Waals surface area contributed by atoms with Crippen molar-refractivity contribution in [2.45, 2.75) is 0 Å². The molecule has 0 atom stereocenters. The van der Waals surface area contributed by atoms with E-state index in [0.29, 0.717) is 0 Å². The number of hydrogen-bond acceptors (Lipinski definition) is 5. The quantitative estimate of drug-likeness (QED) is 0.181. The summed E-state index contributed by atoms with van der Waals surface area (Å²) in [5.41, 5.74) is 0. The molecule has 0 radical (unpaired) electrons. The zero-order chi connectivity index (χ0) is 5.21. The molecule has 0 saturated carbocycles. The summed E-state index contributed by atoms with van der Waals surface area (Å²) in [4.78, 5) is 22.8. The monoisotopic (exact) mass is 168 g/mol. The third-order valence-corrected chi connectivity index (χ3v) is 0.367. The molecule has 5 nitrogen and oxygen atoms in total. The second-order valence-corrected chi connectivity index (χ2v) is 2.00. The fourth-order valence-corrected chi connectivity index (χ4v) is 0. The fraction of sp³-hybridized carbons (Fsp3) is 0. The standard InChI is InChI=1S/Al.Mg.H4O5Si.5H/c;;1-5-6(2,3)4;;;;;/h;;1-4H;;;;;. The smallest absolute Gasteiger partial charge is 0.366 e. The molecule has 0 amide bonds. The first kappa shape index (κ1) is 16.1. The molecule has 0 fully saturated rings. The highest BCUT2D eigenvalue weighted by atomic mass is 28.4. The Labute approximate surface area is 73.6 Å². The van der Waals surface area contributed by atoms with Gasteiger partial charge in [-0.3, -0.25) is 5.26 Å². The van der Waals surface area contributed by atoms with E-state index in [9.17, 15) is 0 Å². The third kappa shape index (κ3) is 15.7. The minimum atomic E-state index is -4.58. The van der Waals surface area contributed by atoms with Crippen LogP contribution in [0.15, 0.2) is 0 Å². The Kier molecular flexibility index (Phi) is 13.0. The van der Waals surface area contributed by atoms with Crippen LogP contribution in [0.4, 0.5) is 0 Å². The number of hydrogen-bond donors (Lipinski definition) is 4. The van der Waals surface area contributed by atoms with Crippen LogP contribution in [0.25, 0.3) is 0 Å². The van der Waals surface area contributed by atoms with Crippen molar-refractivity contribution in [1.29, 1.82) is 0 Å². The topological polar surface area (TPSA) is 90.2 Å². The molecule has 0 aliphatic heterocycles. The van der Waals surface area contributed by atoms with Crippen LogP contribution in [0, 0.1) is 0 Å². The van der Waals surface area contributed by atoms with Gasteiger partial charge < -0.3 is 14.4 Å². The van der Waals surface area contributed by atoms with Crippen LogP contribution in [0.5, 0.6) is 0 Å². The van der Waals surface area contributed by atoms with Gasteiger partial charge in [0.1, 0.15) is 0 Å². The molecule has 0 aromatic rings. The molecule has 48 valence electrons. The van der Waals surface area contributed by atoms with Crippen LogP contribution in [-0.4, -0.2) is 69.1 Å². The van der Waals surface area contributed by atoms with E-state index < -0.39 is 9.05 Å². The molecular formula is H9AlMgO5Si. The van der Waals surface area contributed by atoms with Crippen molar-refractivity contribution in [2.75, 3.05) is 0 Å². The highest BCUT2D eigenvalue weighted by molar-refractivity contribution is 6.48. The molecule has 4 N–H and O–H groups in total. The summed E-state index contributed by atoms with van der Waals surface area (Å²) in [6.07, 6.45) is 0. The maximum Gasteiger partial charge on any atom is 0.699 e. The average Bonchev–Trinajstić information content (AvgIpc) is 1.35. The van der Waals surface area contributed by atoms with Gasteiger partial charge in [0, 0.05) is 0 Å². The van der Waals surface area contributed by atoms with Crippen LogP contribution in [0.1, 0.15) is 0 Å². The highest BCUT2D eigenvalue weighted by Crippen LogP contribution is 1.79. The largest absolute Gasteiger partial charge is 0.699 e. The Morgan fingerprint density at radius 3 is 1.25 bits per heavy atom. The normalized spacial score (nSPS) is 9.00. The average molecular weight is 168 g/mol. The fourth-order valence-electron chi connectivity index (χ4n) is 0. The molecule has 0 unspecified atom stereocenters. The van der Waals surface area contributed by atoms with Gasteiger partial charge in [-0.15, -0.1) is 0 Å². The first-order valence-corrected chi connectivity index (χ1v) is 2.81. The second kappa shape index (κ2) is 6.44. The minimum absolute atomic E-state index is 0. The van der Waals surface area contributed by atoms with Crippen LogP contribution < -0.4 is 0 Å². The van der Waals surface area contributed by atoms with Gasteiger partial charge in [0.05, 0.1) is 0 Å². The van der Waals surface area contributed by atoms with Gasteiger partial charge in [-0.1, -0.05) is 0 Å². The summed E-state index contributed by atoms with van der Waals surface area (Å²) in [7, 11) is -4.58. The molecule has 0 saturated heterocycles. The second-order valence-electron chi connectivity index (χ2n) is 0.665. The predicted octanol–water partition coefficient (Wildman–Crippen LogP) is -4.21. The molecule has 0 aromatic carbocycles. The molecule has 0 aliphatic carbocycles. The molecule has 0 aliphatic rings. The SMILES string of the molecule is OO[Si](O)(O)O.[AlH3].[MgH2]. The maximum absolute atomic E-state index is 7.60. The van der Waals surface area contributed by atoms with Gasteiger partial charge in [-0.2, -0.15) is 4.58 Å². The third-order valence-electron chi connectivity index (χ3n) is 0.122. The predicted molar refractivity (Wildman–Crippen MR) is 34.6 cm³/mol. The van der Waals surface area contributed by atoms with Crippen LogP contribution in [0.2, 0.25) is 0 Å². The Hall–Kier alpha value is 1.32. The molecule has 8 heavy (non-hydrogen) atoms. The summed E-state index contributed by atoms with van der Waals surface area (Å²) >= 11 is 0. The minimum Gasteiger partial charge on any atom is -0.366 e. The van der Waals surface area contributed by atoms with Crippen LogP contribution >= 0.6 is 0 Å². The van der Waals surface area contributed by atoms with Crippen molar-refractivity contribution < 1.29 is 24.2 Å². The van der Waals surface area contributed by atoms with Crippen molar-refractivity contribution >= 4 is 49.5 Å². The molecule has 0 rings (SSSR count). The van der Waals surface area contributed by atoms with Gasteiger partial charge in [0.15, 0.2) is 17.4 Å². The van der Waals surface area contributed by atoms with Crippen molar-refractivity contribution in [1.82, 2.24) is 0 Å². The zero-order valence-electron chi connectivity index (χ0n) is 2.70. The maximum atomic E-state index is 7.60. The van der Waals surface area contributed by atoms with E-state index in [2.05, 4.69) is 4.58 Å². The molecule has 0 spiro atoms. The van der Waals surface area contributed by atoms with E-state index in [0.717, 1.165) is 0 Å². The van der Waals surface area contributed by atoms with Crippen LogP contribution in [0.3, 0.4) is 0 Å². The molecule has 0 bridgehead atoms. The summed E-state index contributed by atoms with van der Waals surface area (Å²) in [5, 5.41) is 7.21. The Morgan fingerprint density at radius 2 is 1.25 bits per heavy atom. The lowest BCUT2D eigenvalue weighted by Crippen LogP contribution is -2.37. The van der Waals surface area contributed by atoms with Gasteiger partial charge in [-0.05, 0) is 0 Å². The molecule has 8 heteroatoms. The number of rotatable bonds is 1. The van der Waals surface area contributed by atoms with E-state index in [1.807, 2.05) is 0 Å². The van der Waals surface area contributed by atoms with E-state index in [1.165, 1.54) is 0 Å². The van der Waals surface area contributed by atoms with Crippen molar-refractivity contribution in [3.05, 3.63) is 0 Å². The summed E-state index contributed by atoms with van der Waals surface area (Å²) in [6.45, 7) is 0. The Morgan fingerprint density at radius 1 is 1.12 bits per heavy atom. The van der Waals surface area contributed by atoms with Gasteiger partial charge in [0.2, 0.25) is 0 Å². The van der Waals surface area contributed by atoms with Gasteiger partial charge in [-0.25, -0.2) is 0 Å². The van der Waals surface area contributed by atoms with E-state index in [-0.39, 0.29) is 40.4 Å². The zero-order valence-corrected chi connectivity index (χ0v) is 3.70. The molecule has 0 aromatic heterocycles. The van der Waals surface area contributed by atoms with Crippen molar-refractivity contribution in [3.8, 4) is 0 Å². The highest BCUT2D eigenvalue weighted by Gasteiger charge is 2.30. The van der Waals surface area contributed by atoms with E-state index >= 15 is 0 Å². The summed E-state index contributed by atoms with van der Waals surface area (Å²) in [6, 6.07) is 0. The lowest BCUT2D eigenvalue weighted by Gasteiger charge is -1.98. The van der Waals surface area contributed by atoms with Gasteiger partial charge >= 0.3 is 32.1 Å². The van der Waals surface area contributed by atoms with Gasteiger partial charge in [0.25, 0.3) is 0 Å². The Bertz CT molecular complexity index is 42.2. The van der Waals surface area contributed by atoms with Crippen LogP contribution in [-0.2, 0) is 4.58 Å². The Balaban J connectivity index is -0.000000125. The summed E-state index contributed by atoms with van der Waals surface area (Å²) in [5.74, 6) is 0. The van der Waals surface area contributed by atoms with Crippen molar-refractivity contribution in [3.63, 3.8) is 0 Å². The van der Waals surface area contributed by atoms with Crippen molar-refractivity contribution in [2.24, 2.45) is 0 Å². The lowest BCUT2D eigenvalue weighted by molar-refractivity contribution is -0.209. The van der Waals surface area contributed by atoms with E-state index in [4.69, 9.17) is 19.6 Å². The van der Waals surface area contributed by atoms with E-state index in [1.54, 1.807) is 0 Å². The summed E-state index contributed by atoms with van der Waals surface area (Å²) < 4.78 is 2.74. The molecular weight excluding hydrogens is 159 g/mol. The molecule has 0 heterocycles. The first-order valence-electron chi connectivity index (χ1n) is 1.06.